The van der Waals surface area contributed by atoms with Gasteiger partial charge in [-0.05, 0) is 24.2 Å². The highest BCUT2D eigenvalue weighted by Crippen LogP contribution is 2.41. The van der Waals surface area contributed by atoms with E-state index in [0.29, 0.717) is 5.41 Å². The van der Waals surface area contributed by atoms with Gasteiger partial charge in [-0.25, -0.2) is 0 Å². The van der Waals surface area contributed by atoms with Crippen LogP contribution in [0.1, 0.15) is 78.6 Å². The summed E-state index contributed by atoms with van der Waals surface area (Å²) in [6.45, 7) is 7.36. The van der Waals surface area contributed by atoms with Gasteiger partial charge in [0.1, 0.15) is 0 Å². The van der Waals surface area contributed by atoms with E-state index in [1.807, 2.05) is 0 Å². The molecule has 0 aromatic carbocycles. The van der Waals surface area contributed by atoms with E-state index in [2.05, 4.69) is 20.8 Å². The van der Waals surface area contributed by atoms with Gasteiger partial charge in [-0.15, -0.1) is 0 Å². The van der Waals surface area contributed by atoms with Crippen molar-refractivity contribution in [1.29, 1.82) is 0 Å². The predicted octanol–water partition coefficient (Wildman–Crippen LogP) is 5.17. The van der Waals surface area contributed by atoms with Crippen LogP contribution in [0.25, 0.3) is 0 Å². The molecule has 2 unspecified atom stereocenters. The highest BCUT2D eigenvalue weighted by atomic mass is 14.3. The van der Waals surface area contributed by atoms with Gasteiger partial charge in [-0.2, -0.15) is 0 Å². The van der Waals surface area contributed by atoms with Crippen molar-refractivity contribution in [2.24, 2.45) is 11.3 Å². The highest BCUT2D eigenvalue weighted by Gasteiger charge is 2.29. The lowest BCUT2D eigenvalue weighted by Gasteiger charge is -2.35. The van der Waals surface area contributed by atoms with E-state index >= 15 is 0 Å². The van der Waals surface area contributed by atoms with Gasteiger partial charge in [-0.1, -0.05) is 65.7 Å². The Bertz CT molecular complexity index is 150. The van der Waals surface area contributed by atoms with Crippen LogP contribution in [-0.2, 0) is 0 Å². The molecular formula is C14H28. The third-order valence-electron chi connectivity index (χ3n) is 4.40. The lowest BCUT2D eigenvalue weighted by molar-refractivity contribution is 0.153. The molecule has 0 aromatic rings. The van der Waals surface area contributed by atoms with Crippen molar-refractivity contribution < 1.29 is 0 Å². The molecule has 1 rings (SSSR count). The van der Waals surface area contributed by atoms with E-state index in [4.69, 9.17) is 0 Å². The average molecular weight is 196 g/mol. The van der Waals surface area contributed by atoms with Gasteiger partial charge in [-0.3, -0.25) is 0 Å². The molecule has 0 spiro atoms. The van der Waals surface area contributed by atoms with Crippen molar-refractivity contribution in [2.75, 3.05) is 0 Å². The minimum atomic E-state index is 0.652. The van der Waals surface area contributed by atoms with E-state index in [1.165, 1.54) is 57.8 Å². The lowest BCUT2D eigenvalue weighted by atomic mass is 9.70. The van der Waals surface area contributed by atoms with Crippen LogP contribution < -0.4 is 0 Å². The molecular weight excluding hydrogens is 168 g/mol. The van der Waals surface area contributed by atoms with Gasteiger partial charge in [0.2, 0.25) is 0 Å². The van der Waals surface area contributed by atoms with Crippen molar-refractivity contribution in [2.45, 2.75) is 78.6 Å². The van der Waals surface area contributed by atoms with Crippen LogP contribution in [0.3, 0.4) is 0 Å². The first-order chi connectivity index (χ1) is 6.69. The summed E-state index contributed by atoms with van der Waals surface area (Å²) >= 11 is 0. The first-order valence-electron chi connectivity index (χ1n) is 6.69. The van der Waals surface area contributed by atoms with Crippen LogP contribution in [0.2, 0.25) is 0 Å². The average Bonchev–Trinajstić information content (AvgIpc) is 2.22. The van der Waals surface area contributed by atoms with E-state index in [-0.39, 0.29) is 0 Å². The maximum atomic E-state index is 2.53. The fourth-order valence-corrected chi connectivity index (χ4v) is 3.05. The van der Waals surface area contributed by atoms with Gasteiger partial charge < -0.3 is 0 Å². The monoisotopic (exact) mass is 196 g/mol. The summed E-state index contributed by atoms with van der Waals surface area (Å²) in [5.41, 5.74) is 0.652. The topological polar surface area (TPSA) is 0 Å². The van der Waals surface area contributed by atoms with Crippen LogP contribution in [0.5, 0.6) is 0 Å². The molecule has 14 heavy (non-hydrogen) atoms. The third kappa shape index (κ3) is 3.29. The Labute approximate surface area is 90.5 Å². The summed E-state index contributed by atoms with van der Waals surface area (Å²) < 4.78 is 0. The molecule has 84 valence electrons. The molecule has 0 heteroatoms. The summed E-state index contributed by atoms with van der Waals surface area (Å²) in [4.78, 5) is 0. The Hall–Kier alpha value is 0. The molecule has 0 heterocycles. The Morgan fingerprint density at radius 1 is 1.07 bits per heavy atom. The minimum absolute atomic E-state index is 0.652. The Balaban J connectivity index is 2.56. The highest BCUT2D eigenvalue weighted by molar-refractivity contribution is 4.80. The summed E-state index contributed by atoms with van der Waals surface area (Å²) in [5.74, 6) is 0.945. The maximum absolute atomic E-state index is 2.53. The Morgan fingerprint density at radius 2 is 1.71 bits per heavy atom. The fraction of sp³-hybridized carbons (Fsp3) is 1.00. The zero-order chi connectivity index (χ0) is 10.4. The van der Waals surface area contributed by atoms with Gasteiger partial charge in [0.05, 0.1) is 0 Å². The zero-order valence-electron chi connectivity index (χ0n) is 10.4. The molecule has 2 atom stereocenters. The molecule has 0 aliphatic heterocycles. The van der Waals surface area contributed by atoms with Crippen LogP contribution in [0.4, 0.5) is 0 Å². The Kier molecular flexibility index (Phi) is 4.98. The van der Waals surface area contributed by atoms with Crippen LogP contribution in [0, 0.1) is 11.3 Å². The van der Waals surface area contributed by atoms with Crippen molar-refractivity contribution in [1.82, 2.24) is 0 Å². The third-order valence-corrected chi connectivity index (χ3v) is 4.40. The van der Waals surface area contributed by atoms with Crippen LogP contribution >= 0.6 is 0 Å². The second-order valence-corrected chi connectivity index (χ2v) is 5.61. The van der Waals surface area contributed by atoms with Gasteiger partial charge >= 0.3 is 0 Å². The predicted molar refractivity (Wildman–Crippen MR) is 64.5 cm³/mol. The first-order valence-corrected chi connectivity index (χ1v) is 6.69. The smallest absolute Gasteiger partial charge is 0.0300 e. The minimum Gasteiger partial charge on any atom is -0.0654 e. The molecule has 1 saturated carbocycles. The quantitative estimate of drug-likeness (QED) is 0.571. The summed E-state index contributed by atoms with van der Waals surface area (Å²) in [5, 5.41) is 0. The van der Waals surface area contributed by atoms with Crippen molar-refractivity contribution in [3.63, 3.8) is 0 Å². The molecule has 1 fully saturated rings. The van der Waals surface area contributed by atoms with E-state index in [1.54, 1.807) is 0 Å². The molecule has 0 aromatic heterocycles. The van der Waals surface area contributed by atoms with E-state index in [0.717, 1.165) is 5.92 Å². The van der Waals surface area contributed by atoms with Gasteiger partial charge in [0, 0.05) is 0 Å². The fourth-order valence-electron chi connectivity index (χ4n) is 3.05. The second kappa shape index (κ2) is 5.78. The molecule has 0 nitrogen and oxygen atoms in total. The van der Waals surface area contributed by atoms with Gasteiger partial charge in [0.15, 0.2) is 0 Å². The van der Waals surface area contributed by atoms with E-state index < -0.39 is 0 Å². The summed E-state index contributed by atoms with van der Waals surface area (Å²) in [7, 11) is 0. The molecule has 0 radical (unpaired) electrons. The van der Waals surface area contributed by atoms with Crippen LogP contribution in [-0.4, -0.2) is 0 Å². The first kappa shape index (κ1) is 12.1. The van der Waals surface area contributed by atoms with Crippen molar-refractivity contribution in [3.05, 3.63) is 0 Å². The molecule has 0 bridgehead atoms. The molecule has 1 aliphatic rings. The largest absolute Gasteiger partial charge is 0.0654 e. The normalized spacial score (nSPS) is 35.8. The molecule has 1 aliphatic carbocycles. The maximum Gasteiger partial charge on any atom is -0.0300 e. The van der Waals surface area contributed by atoms with Crippen molar-refractivity contribution >= 4 is 0 Å². The van der Waals surface area contributed by atoms with Crippen LogP contribution in [0.15, 0.2) is 0 Å². The molecule has 0 amide bonds. The molecule has 0 N–H and O–H groups in total. The van der Waals surface area contributed by atoms with E-state index in [9.17, 15) is 0 Å². The second-order valence-electron chi connectivity index (χ2n) is 5.61. The zero-order valence-corrected chi connectivity index (χ0v) is 10.4. The van der Waals surface area contributed by atoms with Crippen molar-refractivity contribution in [3.8, 4) is 0 Å². The summed E-state index contributed by atoms with van der Waals surface area (Å²) in [6, 6.07) is 0. The van der Waals surface area contributed by atoms with Gasteiger partial charge in [0.25, 0.3) is 0 Å². The molecule has 0 saturated heterocycles. The number of hydrogen-bond donors (Lipinski definition) is 0. The Morgan fingerprint density at radius 3 is 2.43 bits per heavy atom. The SMILES string of the molecule is CCCC1(C)CCCCCCCC1C. The lowest BCUT2D eigenvalue weighted by Crippen LogP contribution is -2.25. The number of rotatable bonds is 2. The summed E-state index contributed by atoms with van der Waals surface area (Å²) in [6.07, 6.45) is 13.1. The number of hydrogen-bond acceptors (Lipinski definition) is 0. The standard InChI is InChI=1S/C14H28/c1-4-11-14(3)12-9-7-5-6-8-10-13(14)2/h13H,4-12H2,1-3H3.